The van der Waals surface area contributed by atoms with Gasteiger partial charge in [0.1, 0.15) is 13.2 Å². The number of unbranched alkanes of at least 4 members (excludes halogenated alkanes) is 17. The monoisotopic (exact) mass is 1140 g/mol. The molecule has 0 aliphatic carbocycles. The van der Waals surface area contributed by atoms with Gasteiger partial charge in [-0.15, -0.1) is 0 Å². The van der Waals surface area contributed by atoms with Crippen molar-refractivity contribution in [3.63, 3.8) is 0 Å². The summed E-state index contributed by atoms with van der Waals surface area (Å²) in [5.74, 6) is -1.08. The third kappa shape index (κ3) is 67.2. The number of ether oxygens (including phenoxy) is 3. The van der Waals surface area contributed by atoms with E-state index in [4.69, 9.17) is 14.2 Å². The van der Waals surface area contributed by atoms with Crippen molar-refractivity contribution < 1.29 is 28.6 Å². The number of allylic oxidation sites excluding steroid dienone is 30. The van der Waals surface area contributed by atoms with E-state index in [2.05, 4.69) is 191 Å². The van der Waals surface area contributed by atoms with Gasteiger partial charge < -0.3 is 14.2 Å². The summed E-state index contributed by atoms with van der Waals surface area (Å²) in [5, 5.41) is 0. The molecule has 0 saturated heterocycles. The first-order valence-corrected chi connectivity index (χ1v) is 33.3. The van der Waals surface area contributed by atoms with Crippen LogP contribution in [0.5, 0.6) is 0 Å². The van der Waals surface area contributed by atoms with Crippen LogP contribution in [0.4, 0.5) is 0 Å². The summed E-state index contributed by atoms with van der Waals surface area (Å²) in [6, 6.07) is 0. The summed E-state index contributed by atoms with van der Waals surface area (Å²) in [7, 11) is 0. The molecule has 0 aliphatic heterocycles. The van der Waals surface area contributed by atoms with Gasteiger partial charge in [0, 0.05) is 19.3 Å². The molecule has 464 valence electrons. The van der Waals surface area contributed by atoms with E-state index >= 15 is 0 Å². The van der Waals surface area contributed by atoms with Crippen molar-refractivity contribution in [2.45, 2.75) is 271 Å². The van der Waals surface area contributed by atoms with Crippen LogP contribution in [0.2, 0.25) is 0 Å². The minimum atomic E-state index is -0.845. The third-order valence-corrected chi connectivity index (χ3v) is 13.4. The molecule has 0 aliphatic rings. The SMILES string of the molecule is CC/C=C\C/C=C\C/C=C\C/C=C\C/C=C\C/C=C\CCCCCCCCCCCCCCCCCCC(=O)OCC(COC(=O)CC/C=C\C/C=C\C/C=C\C/C=C\CC)OC(=O)CCC/C=C\C/C=C\C/C=C\C/C=C\C/C=C\CC. The second-order valence-electron chi connectivity index (χ2n) is 21.2. The molecule has 0 amide bonds. The Balaban J connectivity index is 4.28. The van der Waals surface area contributed by atoms with Crippen LogP contribution < -0.4 is 0 Å². The molecular weight excluding hydrogens is 1020 g/mol. The summed E-state index contributed by atoms with van der Waals surface area (Å²) in [4.78, 5) is 38.2. The van der Waals surface area contributed by atoms with Crippen molar-refractivity contribution in [2.24, 2.45) is 0 Å². The molecule has 0 spiro atoms. The molecule has 83 heavy (non-hydrogen) atoms. The number of carbonyl (C=O) groups is 3. The molecule has 0 aromatic carbocycles. The van der Waals surface area contributed by atoms with Crippen molar-refractivity contribution in [2.75, 3.05) is 13.2 Å². The predicted molar refractivity (Wildman–Crippen MR) is 361 cm³/mol. The topological polar surface area (TPSA) is 78.9 Å². The van der Waals surface area contributed by atoms with Crippen LogP contribution in [0, 0.1) is 0 Å². The van der Waals surface area contributed by atoms with Gasteiger partial charge in [-0.2, -0.15) is 0 Å². The molecule has 1 atom stereocenters. The van der Waals surface area contributed by atoms with Gasteiger partial charge in [-0.3, -0.25) is 14.4 Å². The van der Waals surface area contributed by atoms with Crippen molar-refractivity contribution in [3.8, 4) is 0 Å². The molecule has 6 nitrogen and oxygen atoms in total. The van der Waals surface area contributed by atoms with Gasteiger partial charge in [-0.05, 0) is 135 Å². The second kappa shape index (κ2) is 69.0. The van der Waals surface area contributed by atoms with Crippen LogP contribution in [-0.4, -0.2) is 37.2 Å². The summed E-state index contributed by atoms with van der Waals surface area (Å²) in [6.45, 7) is 6.18. The van der Waals surface area contributed by atoms with Crippen molar-refractivity contribution >= 4 is 17.9 Å². The Hall–Kier alpha value is -5.49. The van der Waals surface area contributed by atoms with Gasteiger partial charge in [0.25, 0.3) is 0 Å². The van der Waals surface area contributed by atoms with Gasteiger partial charge in [0.2, 0.25) is 0 Å². The van der Waals surface area contributed by atoms with Crippen molar-refractivity contribution in [1.29, 1.82) is 0 Å². The first kappa shape index (κ1) is 77.5. The van der Waals surface area contributed by atoms with Crippen LogP contribution in [0.1, 0.15) is 265 Å². The Morgan fingerprint density at radius 1 is 0.241 bits per heavy atom. The molecule has 0 fully saturated rings. The molecule has 0 N–H and O–H groups in total. The molecule has 0 heterocycles. The first-order valence-electron chi connectivity index (χ1n) is 33.3. The largest absolute Gasteiger partial charge is 0.462 e. The van der Waals surface area contributed by atoms with E-state index in [1.807, 2.05) is 12.2 Å². The van der Waals surface area contributed by atoms with E-state index < -0.39 is 6.10 Å². The summed E-state index contributed by atoms with van der Waals surface area (Å²) < 4.78 is 16.8. The average Bonchev–Trinajstić information content (AvgIpc) is 3.49. The summed E-state index contributed by atoms with van der Waals surface area (Å²) >= 11 is 0. The Bertz CT molecular complexity index is 1940. The number of rotatable bonds is 58. The molecule has 0 bridgehead atoms. The predicted octanol–water partition coefficient (Wildman–Crippen LogP) is 23.2. The highest BCUT2D eigenvalue weighted by Gasteiger charge is 2.19. The highest BCUT2D eigenvalue weighted by Crippen LogP contribution is 2.15. The lowest BCUT2D eigenvalue weighted by Crippen LogP contribution is -2.30. The number of hydrogen-bond acceptors (Lipinski definition) is 6. The summed E-state index contributed by atoms with van der Waals surface area (Å²) in [5.41, 5.74) is 0. The molecule has 6 heteroatoms. The Kier molecular flexibility index (Phi) is 64.4. The van der Waals surface area contributed by atoms with Crippen molar-refractivity contribution in [1.82, 2.24) is 0 Å². The number of hydrogen-bond donors (Lipinski definition) is 0. The Morgan fingerprint density at radius 2 is 0.470 bits per heavy atom. The minimum absolute atomic E-state index is 0.129. The standard InChI is InChI=1S/C77H120O6/c1-4-7-10-13-16-19-22-25-27-29-30-31-32-33-34-35-36-37-38-39-40-41-42-43-44-45-46-48-49-52-55-58-61-64-67-70-76(79)82-73-74(72-81-75(78)69-66-63-60-57-54-51-24-21-18-15-12-9-6-3)83-77(80)71-68-65-62-59-56-53-50-47-28-26-23-20-17-14-11-8-5-2/h7-12,16-21,25-28,30-31,33-34,36-37,50-51,53-54,59-60,62-63,74H,4-6,13-15,22-24,29,32,35,38-49,52,55-58,61,64-73H2,1-3H3/b10-7-,11-8-,12-9-,19-16-,20-17-,21-18-,27-25-,28-26-,31-30-,34-33-,37-36-,53-50-,54-51-,62-59-,63-60-. The van der Waals surface area contributed by atoms with E-state index in [1.54, 1.807) is 0 Å². The van der Waals surface area contributed by atoms with E-state index in [1.165, 1.54) is 89.9 Å². The van der Waals surface area contributed by atoms with Crippen LogP contribution in [0.3, 0.4) is 0 Å². The Labute approximate surface area is 510 Å². The fraction of sp³-hybridized carbons (Fsp3) is 0.571. The average molecular weight is 1140 g/mol. The van der Waals surface area contributed by atoms with E-state index in [0.29, 0.717) is 19.3 Å². The maximum atomic E-state index is 12.9. The van der Waals surface area contributed by atoms with Gasteiger partial charge in [-0.25, -0.2) is 0 Å². The lowest BCUT2D eigenvalue weighted by molar-refractivity contribution is -0.166. The maximum Gasteiger partial charge on any atom is 0.306 e. The number of esters is 3. The lowest BCUT2D eigenvalue weighted by Gasteiger charge is -2.18. The lowest BCUT2D eigenvalue weighted by atomic mass is 10.0. The zero-order valence-corrected chi connectivity index (χ0v) is 53.1. The third-order valence-electron chi connectivity index (χ3n) is 13.4. The first-order chi connectivity index (χ1) is 41.0. The fourth-order valence-corrected chi connectivity index (χ4v) is 8.55. The molecule has 1 unspecified atom stereocenters. The van der Waals surface area contributed by atoms with Crippen LogP contribution in [0.25, 0.3) is 0 Å². The van der Waals surface area contributed by atoms with Gasteiger partial charge in [0.05, 0.1) is 0 Å². The summed E-state index contributed by atoms with van der Waals surface area (Å²) in [6.07, 6.45) is 104. The normalized spacial score (nSPS) is 13.3. The van der Waals surface area contributed by atoms with Crippen molar-refractivity contribution in [3.05, 3.63) is 182 Å². The molecular formula is C77H120O6. The van der Waals surface area contributed by atoms with Gasteiger partial charge in [-0.1, -0.05) is 293 Å². The second-order valence-corrected chi connectivity index (χ2v) is 21.2. The molecule has 0 radical (unpaired) electrons. The van der Waals surface area contributed by atoms with E-state index in [0.717, 1.165) is 122 Å². The molecule has 0 aromatic rings. The quantitative estimate of drug-likeness (QED) is 0.0261. The van der Waals surface area contributed by atoms with E-state index in [9.17, 15) is 14.4 Å². The van der Waals surface area contributed by atoms with Crippen LogP contribution >= 0.6 is 0 Å². The van der Waals surface area contributed by atoms with Crippen LogP contribution in [0.15, 0.2) is 182 Å². The van der Waals surface area contributed by atoms with E-state index in [-0.39, 0.29) is 44.0 Å². The highest BCUT2D eigenvalue weighted by atomic mass is 16.6. The minimum Gasteiger partial charge on any atom is -0.462 e. The Morgan fingerprint density at radius 3 is 0.783 bits per heavy atom. The number of carbonyl (C=O) groups excluding carboxylic acids is 3. The zero-order valence-electron chi connectivity index (χ0n) is 53.1. The smallest absolute Gasteiger partial charge is 0.306 e. The van der Waals surface area contributed by atoms with Crippen LogP contribution in [-0.2, 0) is 28.6 Å². The fourth-order valence-electron chi connectivity index (χ4n) is 8.55. The van der Waals surface area contributed by atoms with Gasteiger partial charge in [0.15, 0.2) is 6.10 Å². The molecule has 0 aromatic heterocycles. The highest BCUT2D eigenvalue weighted by molar-refractivity contribution is 5.71. The maximum absolute atomic E-state index is 12.9. The molecule has 0 saturated carbocycles. The zero-order chi connectivity index (χ0) is 59.9. The molecule has 0 rings (SSSR count). The van der Waals surface area contributed by atoms with Gasteiger partial charge >= 0.3 is 17.9 Å².